The molecule has 2 aromatic carbocycles. The third kappa shape index (κ3) is 11.5. The van der Waals surface area contributed by atoms with Gasteiger partial charge in [-0.1, -0.05) is 93.5 Å². The lowest BCUT2D eigenvalue weighted by atomic mass is 9.55. The fourth-order valence-corrected chi connectivity index (χ4v) is 9.30. The molecular formula is C47H74O6. The molecule has 2 saturated carbocycles. The molecule has 2 N–H and O–H groups in total. The number of hydrogen-bond donors (Lipinski definition) is 2. The zero-order valence-corrected chi connectivity index (χ0v) is 35.6. The number of phenols is 2. The number of carbonyl (C=O) groups is 1. The normalized spacial score (nSPS) is 21.6. The molecule has 0 heterocycles. The van der Waals surface area contributed by atoms with Gasteiger partial charge in [-0.2, -0.15) is 0 Å². The van der Waals surface area contributed by atoms with E-state index in [9.17, 15) is 15.0 Å². The molecule has 298 valence electrons. The van der Waals surface area contributed by atoms with Crippen LogP contribution in [0, 0.1) is 41.9 Å². The van der Waals surface area contributed by atoms with Crippen LogP contribution >= 0.6 is 0 Å². The highest BCUT2D eigenvalue weighted by Gasteiger charge is 2.44. The number of rotatable bonds is 14. The maximum atomic E-state index is 13.0. The van der Waals surface area contributed by atoms with Gasteiger partial charge >= 0.3 is 5.97 Å². The predicted molar refractivity (Wildman–Crippen MR) is 217 cm³/mol. The average Bonchev–Trinajstić information content (AvgIpc) is 3.05. The van der Waals surface area contributed by atoms with Crippen molar-refractivity contribution in [3.05, 3.63) is 57.6 Å². The number of aromatic hydroxyl groups is 2. The van der Waals surface area contributed by atoms with E-state index in [2.05, 4.69) is 81.4 Å². The van der Waals surface area contributed by atoms with Crippen molar-refractivity contribution in [1.29, 1.82) is 0 Å². The fraction of sp³-hybridized carbons (Fsp3) is 0.723. The second-order valence-corrected chi connectivity index (χ2v) is 20.4. The summed E-state index contributed by atoms with van der Waals surface area (Å²) in [6, 6.07) is 8.20. The van der Waals surface area contributed by atoms with Gasteiger partial charge < -0.3 is 14.9 Å². The highest BCUT2D eigenvalue weighted by atomic mass is 17.2. The van der Waals surface area contributed by atoms with E-state index in [1.807, 2.05) is 26.0 Å². The Balaban J connectivity index is 1.15. The van der Waals surface area contributed by atoms with Crippen molar-refractivity contribution in [2.75, 3.05) is 19.8 Å². The summed E-state index contributed by atoms with van der Waals surface area (Å²) in [6.45, 7) is 27.4. The van der Waals surface area contributed by atoms with Crippen molar-refractivity contribution < 1.29 is 29.5 Å². The van der Waals surface area contributed by atoms with Gasteiger partial charge in [0.05, 0.1) is 26.2 Å². The van der Waals surface area contributed by atoms with Crippen molar-refractivity contribution in [3.8, 4) is 11.5 Å². The minimum absolute atomic E-state index is 0.0765. The van der Waals surface area contributed by atoms with Crippen molar-refractivity contribution in [2.45, 2.75) is 171 Å². The topological polar surface area (TPSA) is 85.2 Å². The number of ether oxygens (including phenoxy) is 1. The van der Waals surface area contributed by atoms with Gasteiger partial charge in [-0.15, -0.1) is 0 Å². The van der Waals surface area contributed by atoms with Crippen LogP contribution in [-0.4, -0.2) is 36.0 Å². The fourth-order valence-electron chi connectivity index (χ4n) is 9.30. The van der Waals surface area contributed by atoms with E-state index in [4.69, 9.17) is 14.5 Å². The molecule has 0 atom stereocenters. The molecule has 2 fully saturated rings. The van der Waals surface area contributed by atoms with E-state index >= 15 is 0 Å². The smallest absolute Gasteiger partial charge is 0.306 e. The molecule has 2 aromatic rings. The summed E-state index contributed by atoms with van der Waals surface area (Å²) in [6.07, 6.45) is 13.0. The van der Waals surface area contributed by atoms with Crippen LogP contribution < -0.4 is 0 Å². The number of aryl methyl sites for hydroxylation is 2. The van der Waals surface area contributed by atoms with Crippen LogP contribution in [-0.2, 0) is 43.0 Å². The Morgan fingerprint density at radius 2 is 1.06 bits per heavy atom. The van der Waals surface area contributed by atoms with Gasteiger partial charge in [-0.3, -0.25) is 4.79 Å². The van der Waals surface area contributed by atoms with Gasteiger partial charge in [-0.05, 0) is 150 Å². The molecule has 53 heavy (non-hydrogen) atoms. The van der Waals surface area contributed by atoms with Gasteiger partial charge in [0.25, 0.3) is 0 Å². The molecule has 0 bridgehead atoms. The molecule has 6 nitrogen and oxygen atoms in total. The minimum Gasteiger partial charge on any atom is -0.507 e. The molecule has 0 aromatic heterocycles. The van der Waals surface area contributed by atoms with Gasteiger partial charge in [0.15, 0.2) is 0 Å². The molecule has 0 aliphatic heterocycles. The summed E-state index contributed by atoms with van der Waals surface area (Å²) in [5.74, 6) is 1.90. The third-order valence-corrected chi connectivity index (χ3v) is 13.3. The molecule has 2 aliphatic carbocycles. The summed E-state index contributed by atoms with van der Waals surface area (Å²) in [7, 11) is 0. The first-order chi connectivity index (χ1) is 24.5. The van der Waals surface area contributed by atoms with E-state index in [0.29, 0.717) is 61.4 Å². The quantitative estimate of drug-likeness (QED) is 0.0870. The van der Waals surface area contributed by atoms with Crippen LogP contribution in [0.15, 0.2) is 24.3 Å². The van der Waals surface area contributed by atoms with Gasteiger partial charge in [0.1, 0.15) is 11.5 Å². The van der Waals surface area contributed by atoms with E-state index < -0.39 is 0 Å². The Hall–Kier alpha value is -2.57. The highest BCUT2D eigenvalue weighted by Crippen LogP contribution is 2.56. The summed E-state index contributed by atoms with van der Waals surface area (Å²) in [5, 5.41) is 21.1. The second-order valence-electron chi connectivity index (χ2n) is 20.4. The predicted octanol–water partition coefficient (Wildman–Crippen LogP) is 11.8. The second kappa shape index (κ2) is 17.1. The monoisotopic (exact) mass is 735 g/mol. The van der Waals surface area contributed by atoms with Gasteiger partial charge in [0.2, 0.25) is 0 Å². The van der Waals surface area contributed by atoms with Crippen LogP contribution in [0.2, 0.25) is 0 Å². The Bertz CT molecular complexity index is 1520. The Morgan fingerprint density at radius 3 is 1.51 bits per heavy atom. The molecule has 4 rings (SSSR count). The Labute approximate surface area is 322 Å². The molecule has 1 spiro atoms. The molecule has 6 heteroatoms. The highest BCUT2D eigenvalue weighted by molar-refractivity contribution is 5.70. The van der Waals surface area contributed by atoms with E-state index in [1.54, 1.807) is 0 Å². The van der Waals surface area contributed by atoms with Crippen LogP contribution in [0.4, 0.5) is 0 Å². The molecule has 0 unspecified atom stereocenters. The number of benzene rings is 2. The van der Waals surface area contributed by atoms with Crippen LogP contribution in [0.25, 0.3) is 0 Å². The summed E-state index contributed by atoms with van der Waals surface area (Å²) in [5.41, 5.74) is 6.27. The zero-order valence-electron chi connectivity index (χ0n) is 35.6. The Morgan fingerprint density at radius 1 is 0.642 bits per heavy atom. The summed E-state index contributed by atoms with van der Waals surface area (Å²) in [4.78, 5) is 24.3. The van der Waals surface area contributed by atoms with Gasteiger partial charge in [0, 0.05) is 6.42 Å². The molecule has 0 radical (unpaired) electrons. The standard InChI is InChI=1S/C47H74O6/c1-32-27-34(29-38(41(32)49)43(3,4)5)17-24-51-40(48)31-46(11,12)37-15-21-47(22-16-37)19-13-36(14-20-47)45(9,10)23-26-53-52-25-18-35-28-33(2)42(50)39(30-35)44(6,7)8/h27-30,36-37,49-50H,13-26,31H2,1-12H3. The van der Waals surface area contributed by atoms with Crippen LogP contribution in [0.5, 0.6) is 11.5 Å². The SMILES string of the molecule is Cc1cc(CCOOCCC(C)(C)C2CCC3(CC2)CCC(C(C)(C)CC(=O)OCCc2cc(C)c(O)c(C(C)(C)C)c2)CC3)cc(C(C)(C)C)c1O. The maximum Gasteiger partial charge on any atom is 0.306 e. The number of hydrogen-bond acceptors (Lipinski definition) is 6. The molecule has 2 aliphatic rings. The summed E-state index contributed by atoms with van der Waals surface area (Å²) >= 11 is 0. The first-order valence-corrected chi connectivity index (χ1v) is 20.6. The van der Waals surface area contributed by atoms with Crippen LogP contribution in [0.1, 0.15) is 167 Å². The van der Waals surface area contributed by atoms with Crippen molar-refractivity contribution in [2.24, 2.45) is 28.1 Å². The van der Waals surface area contributed by atoms with Crippen LogP contribution in [0.3, 0.4) is 0 Å². The lowest BCUT2D eigenvalue weighted by molar-refractivity contribution is -0.297. The average molecular weight is 735 g/mol. The Kier molecular flexibility index (Phi) is 13.9. The molecular weight excluding hydrogens is 661 g/mol. The van der Waals surface area contributed by atoms with Crippen molar-refractivity contribution in [1.82, 2.24) is 0 Å². The van der Waals surface area contributed by atoms with E-state index in [0.717, 1.165) is 46.2 Å². The van der Waals surface area contributed by atoms with Gasteiger partial charge in [-0.25, -0.2) is 9.78 Å². The lowest BCUT2D eigenvalue weighted by Gasteiger charge is -2.50. The third-order valence-electron chi connectivity index (χ3n) is 13.3. The maximum absolute atomic E-state index is 13.0. The van der Waals surface area contributed by atoms with E-state index in [-0.39, 0.29) is 27.6 Å². The molecule has 0 amide bonds. The van der Waals surface area contributed by atoms with E-state index in [1.165, 1.54) is 51.4 Å². The number of esters is 1. The lowest BCUT2D eigenvalue weighted by Crippen LogP contribution is -2.39. The first kappa shape index (κ1) is 43.2. The number of carbonyl (C=O) groups excluding carboxylic acids is 1. The van der Waals surface area contributed by atoms with Crippen molar-refractivity contribution >= 4 is 5.97 Å². The zero-order chi connectivity index (χ0) is 39.4. The summed E-state index contributed by atoms with van der Waals surface area (Å²) < 4.78 is 5.78. The first-order valence-electron chi connectivity index (χ1n) is 20.6. The largest absolute Gasteiger partial charge is 0.507 e. The minimum atomic E-state index is -0.153. The molecule has 0 saturated heterocycles. The van der Waals surface area contributed by atoms with Crippen molar-refractivity contribution in [3.63, 3.8) is 0 Å². The number of phenolic OH excluding ortho intramolecular Hbond substituents is 2.